The van der Waals surface area contributed by atoms with Crippen LogP contribution in [0.25, 0.3) is 44.6 Å². The van der Waals surface area contributed by atoms with E-state index in [-0.39, 0.29) is 0 Å². The highest BCUT2D eigenvalue weighted by Gasteiger charge is 2.23. The van der Waals surface area contributed by atoms with Crippen LogP contribution in [0.1, 0.15) is 24.4 Å². The molecular formula is C33H30N6O. The number of piperidine rings is 1. The molecule has 0 spiro atoms. The summed E-state index contributed by atoms with van der Waals surface area (Å²) >= 11 is 0. The lowest BCUT2D eigenvalue weighted by Gasteiger charge is -2.32. The number of ether oxygens (including phenoxy) is 1. The Morgan fingerprint density at radius 1 is 0.725 bits per heavy atom. The van der Waals surface area contributed by atoms with Crippen LogP contribution in [0.5, 0.6) is 5.75 Å². The lowest BCUT2D eigenvalue weighted by Crippen LogP contribution is -2.34. The maximum absolute atomic E-state index is 5.42. The van der Waals surface area contributed by atoms with E-state index >= 15 is 0 Å². The van der Waals surface area contributed by atoms with Crippen molar-refractivity contribution in [3.63, 3.8) is 0 Å². The number of nitrogens with zero attached hydrogens (tertiary/aromatic N) is 6. The smallest absolute Gasteiger partial charge is 0.121 e. The van der Waals surface area contributed by atoms with Crippen LogP contribution in [-0.4, -0.2) is 50.1 Å². The minimum atomic E-state index is 0.397. The van der Waals surface area contributed by atoms with Crippen molar-refractivity contribution in [2.45, 2.75) is 25.4 Å². The van der Waals surface area contributed by atoms with Gasteiger partial charge in [-0.15, -0.1) is 5.10 Å². The van der Waals surface area contributed by atoms with Crippen LogP contribution in [0.15, 0.2) is 97.1 Å². The largest absolute Gasteiger partial charge is 0.497 e. The minimum Gasteiger partial charge on any atom is -0.497 e. The highest BCUT2D eigenvalue weighted by molar-refractivity contribution is 5.86. The van der Waals surface area contributed by atoms with E-state index in [1.165, 1.54) is 5.56 Å². The number of fused-ring (bicyclic) bond motifs is 2. The van der Waals surface area contributed by atoms with Crippen LogP contribution in [0.3, 0.4) is 0 Å². The van der Waals surface area contributed by atoms with Gasteiger partial charge < -0.3 is 4.74 Å². The molecule has 0 saturated carbocycles. The first-order valence-electron chi connectivity index (χ1n) is 13.8. The molecule has 0 aliphatic carbocycles. The van der Waals surface area contributed by atoms with E-state index in [1.807, 2.05) is 48.5 Å². The first-order chi connectivity index (χ1) is 19.7. The zero-order valence-electron chi connectivity index (χ0n) is 22.4. The fourth-order valence-corrected chi connectivity index (χ4v) is 5.66. The van der Waals surface area contributed by atoms with Gasteiger partial charge in [-0.2, -0.15) is 0 Å². The van der Waals surface area contributed by atoms with E-state index in [4.69, 9.17) is 14.7 Å². The third kappa shape index (κ3) is 4.69. The Bertz CT molecular complexity index is 1770. The second-order valence-electron chi connectivity index (χ2n) is 10.4. The van der Waals surface area contributed by atoms with Gasteiger partial charge in [-0.05, 0) is 42.7 Å². The van der Waals surface area contributed by atoms with Crippen molar-refractivity contribution < 1.29 is 4.74 Å². The van der Waals surface area contributed by atoms with Crippen molar-refractivity contribution in [3.8, 4) is 28.3 Å². The highest BCUT2D eigenvalue weighted by atomic mass is 16.5. The summed E-state index contributed by atoms with van der Waals surface area (Å²) in [5.74, 6) is 0.775. The number of benzene rings is 4. The third-order valence-electron chi connectivity index (χ3n) is 7.83. The molecule has 0 radical (unpaired) electrons. The zero-order chi connectivity index (χ0) is 26.9. The van der Waals surface area contributed by atoms with Gasteiger partial charge in [0.05, 0.1) is 41.1 Å². The first kappa shape index (κ1) is 24.4. The topological polar surface area (TPSA) is 69.0 Å². The van der Waals surface area contributed by atoms with Crippen molar-refractivity contribution in [1.82, 2.24) is 29.9 Å². The summed E-state index contributed by atoms with van der Waals surface area (Å²) in [6.07, 6.45) is 2.15. The summed E-state index contributed by atoms with van der Waals surface area (Å²) in [5, 5.41) is 8.80. The maximum Gasteiger partial charge on any atom is 0.121 e. The molecule has 6 aromatic rings. The SMILES string of the molecule is COc1ccc2nc(-c3ccc(CN4CCC(n5nnc6ccccc65)CC4)cc3)c(-c3ccccc3)nc2c1. The van der Waals surface area contributed by atoms with Crippen LogP contribution in [0.2, 0.25) is 0 Å². The number of aromatic nitrogens is 5. The summed E-state index contributed by atoms with van der Waals surface area (Å²) in [4.78, 5) is 12.6. The molecule has 7 rings (SSSR count). The van der Waals surface area contributed by atoms with Crippen LogP contribution in [0, 0.1) is 0 Å². The molecule has 7 heteroatoms. The van der Waals surface area contributed by atoms with Crippen LogP contribution in [-0.2, 0) is 6.54 Å². The number of methoxy groups -OCH3 is 1. The van der Waals surface area contributed by atoms with Gasteiger partial charge in [-0.1, -0.05) is 71.9 Å². The molecule has 3 heterocycles. The number of rotatable bonds is 6. The molecule has 1 saturated heterocycles. The second kappa shape index (κ2) is 10.5. The molecule has 40 heavy (non-hydrogen) atoms. The monoisotopic (exact) mass is 526 g/mol. The molecular weight excluding hydrogens is 496 g/mol. The van der Waals surface area contributed by atoms with Gasteiger partial charge in [0.25, 0.3) is 0 Å². The fraction of sp³-hybridized carbons (Fsp3) is 0.212. The maximum atomic E-state index is 5.42. The van der Waals surface area contributed by atoms with Gasteiger partial charge in [-0.25, -0.2) is 14.6 Å². The van der Waals surface area contributed by atoms with Crippen molar-refractivity contribution in [2.24, 2.45) is 0 Å². The molecule has 1 aliphatic heterocycles. The number of hydrogen-bond acceptors (Lipinski definition) is 6. The summed E-state index contributed by atoms with van der Waals surface area (Å²) in [6.45, 7) is 3.01. The van der Waals surface area contributed by atoms with Crippen molar-refractivity contribution in [3.05, 3.63) is 103 Å². The predicted molar refractivity (Wildman–Crippen MR) is 158 cm³/mol. The summed E-state index contributed by atoms with van der Waals surface area (Å²) in [5.41, 5.74) is 8.93. The van der Waals surface area contributed by atoms with Gasteiger partial charge in [0, 0.05) is 36.8 Å². The molecule has 0 N–H and O–H groups in total. The van der Waals surface area contributed by atoms with Gasteiger partial charge in [0.2, 0.25) is 0 Å². The van der Waals surface area contributed by atoms with E-state index in [2.05, 4.69) is 68.4 Å². The Labute approximate surface area is 233 Å². The molecule has 0 bridgehead atoms. The van der Waals surface area contributed by atoms with Gasteiger partial charge in [0.15, 0.2) is 0 Å². The summed E-state index contributed by atoms with van der Waals surface area (Å²) in [6, 6.07) is 33.5. The first-order valence-corrected chi connectivity index (χ1v) is 13.8. The molecule has 0 unspecified atom stereocenters. The van der Waals surface area contributed by atoms with Gasteiger partial charge in [-0.3, -0.25) is 4.90 Å². The average molecular weight is 527 g/mol. The molecule has 7 nitrogen and oxygen atoms in total. The zero-order valence-corrected chi connectivity index (χ0v) is 22.4. The molecule has 1 aliphatic rings. The highest BCUT2D eigenvalue weighted by Crippen LogP contribution is 2.32. The number of para-hydroxylation sites is 1. The molecule has 4 aromatic carbocycles. The van der Waals surface area contributed by atoms with Crippen LogP contribution < -0.4 is 4.74 Å². The molecule has 1 fully saturated rings. The third-order valence-corrected chi connectivity index (χ3v) is 7.83. The van der Waals surface area contributed by atoms with E-state index in [9.17, 15) is 0 Å². The fourth-order valence-electron chi connectivity index (χ4n) is 5.66. The minimum absolute atomic E-state index is 0.397. The van der Waals surface area contributed by atoms with Crippen molar-refractivity contribution in [1.29, 1.82) is 0 Å². The standard InChI is InChI=1S/C33H30N6O/c1-40-27-15-16-28-30(21-27)35-32(24-7-3-2-4-8-24)33(34-28)25-13-11-23(12-14-25)22-38-19-17-26(18-20-38)39-31-10-6-5-9-29(31)36-37-39/h2-16,21,26H,17-20,22H2,1H3. The normalized spacial score (nSPS) is 14.6. The Balaban J connectivity index is 1.10. The quantitative estimate of drug-likeness (QED) is 0.245. The molecule has 0 atom stereocenters. The number of hydrogen-bond donors (Lipinski definition) is 0. The van der Waals surface area contributed by atoms with Gasteiger partial charge in [0.1, 0.15) is 11.3 Å². The lowest BCUT2D eigenvalue weighted by molar-refractivity contribution is 0.174. The molecule has 0 amide bonds. The van der Waals surface area contributed by atoms with E-state index in [0.717, 1.165) is 82.8 Å². The van der Waals surface area contributed by atoms with Crippen molar-refractivity contribution >= 4 is 22.1 Å². The van der Waals surface area contributed by atoms with Crippen LogP contribution in [0.4, 0.5) is 0 Å². The van der Waals surface area contributed by atoms with Crippen LogP contribution >= 0.6 is 0 Å². The predicted octanol–water partition coefficient (Wildman–Crippen LogP) is 6.55. The average Bonchev–Trinajstić information content (AvgIpc) is 3.46. The van der Waals surface area contributed by atoms with Crippen molar-refractivity contribution in [2.75, 3.05) is 20.2 Å². The van der Waals surface area contributed by atoms with E-state index < -0.39 is 0 Å². The molecule has 2 aromatic heterocycles. The summed E-state index contributed by atoms with van der Waals surface area (Å²) in [7, 11) is 1.67. The Kier molecular flexibility index (Phi) is 6.42. The Hall–Kier alpha value is -4.62. The van der Waals surface area contributed by atoms with E-state index in [1.54, 1.807) is 7.11 Å². The molecule has 198 valence electrons. The second-order valence-corrected chi connectivity index (χ2v) is 10.4. The lowest BCUT2D eigenvalue weighted by atomic mass is 10.0. The Morgan fingerprint density at radius 3 is 2.20 bits per heavy atom. The number of likely N-dealkylation sites (tertiary alicyclic amines) is 1. The van der Waals surface area contributed by atoms with Gasteiger partial charge >= 0.3 is 0 Å². The Morgan fingerprint density at radius 2 is 1.43 bits per heavy atom. The summed E-state index contributed by atoms with van der Waals surface area (Å²) < 4.78 is 7.54. The van der Waals surface area contributed by atoms with E-state index in [0.29, 0.717) is 6.04 Å².